The van der Waals surface area contributed by atoms with E-state index < -0.39 is 0 Å². The van der Waals surface area contributed by atoms with Crippen LogP contribution in [0.5, 0.6) is 0 Å². The first-order valence-corrected chi connectivity index (χ1v) is 4.68. The Kier molecular flexibility index (Phi) is 3.23. The number of nitrogens with zero attached hydrogens (tertiary/aromatic N) is 1. The lowest BCUT2D eigenvalue weighted by molar-refractivity contribution is 0.0934. The molecule has 0 aromatic carbocycles. The van der Waals surface area contributed by atoms with E-state index in [2.05, 4.69) is 31.1 Å². The van der Waals surface area contributed by atoms with E-state index >= 15 is 0 Å². The van der Waals surface area contributed by atoms with Crippen LogP contribution in [0.15, 0.2) is 24.4 Å². The maximum Gasteiger partial charge on any atom is 0.269 e. The molecule has 0 radical (unpaired) electrons. The van der Waals surface area contributed by atoms with Gasteiger partial charge in [0, 0.05) is 12.7 Å². The molecule has 3 heteroatoms. The average Bonchev–Trinajstić information content (AvgIpc) is 2.14. The molecule has 1 amide bonds. The third kappa shape index (κ3) is 3.56. The lowest BCUT2D eigenvalue weighted by atomic mass is 9.97. The van der Waals surface area contributed by atoms with Gasteiger partial charge in [0.2, 0.25) is 0 Å². The van der Waals surface area contributed by atoms with Crippen molar-refractivity contribution in [2.75, 3.05) is 6.54 Å². The van der Waals surface area contributed by atoms with Crippen LogP contribution in [0.25, 0.3) is 0 Å². The molecule has 1 aromatic heterocycles. The zero-order chi connectivity index (χ0) is 10.6. The highest BCUT2D eigenvalue weighted by molar-refractivity contribution is 5.92. The van der Waals surface area contributed by atoms with Gasteiger partial charge < -0.3 is 5.32 Å². The molecule has 0 aliphatic carbocycles. The van der Waals surface area contributed by atoms with E-state index in [1.54, 1.807) is 24.4 Å². The van der Waals surface area contributed by atoms with Crippen LogP contribution in [0.2, 0.25) is 0 Å². The summed E-state index contributed by atoms with van der Waals surface area (Å²) in [7, 11) is 0. The van der Waals surface area contributed by atoms with Gasteiger partial charge in [-0.2, -0.15) is 0 Å². The number of aromatic nitrogens is 1. The van der Waals surface area contributed by atoms with Gasteiger partial charge in [-0.25, -0.2) is 0 Å². The predicted molar refractivity (Wildman–Crippen MR) is 56.0 cm³/mol. The molecule has 1 heterocycles. The van der Waals surface area contributed by atoms with E-state index in [9.17, 15) is 4.79 Å². The Morgan fingerprint density at radius 3 is 2.64 bits per heavy atom. The van der Waals surface area contributed by atoms with Crippen molar-refractivity contribution in [2.45, 2.75) is 20.8 Å². The first-order valence-electron chi connectivity index (χ1n) is 4.68. The Balaban J connectivity index is 2.52. The van der Waals surface area contributed by atoms with Crippen molar-refractivity contribution in [2.24, 2.45) is 5.41 Å². The number of hydrogen-bond donors (Lipinski definition) is 1. The normalized spacial score (nSPS) is 11.1. The molecule has 1 N–H and O–H groups in total. The van der Waals surface area contributed by atoms with Crippen LogP contribution < -0.4 is 5.32 Å². The summed E-state index contributed by atoms with van der Waals surface area (Å²) >= 11 is 0. The lowest BCUT2D eigenvalue weighted by Crippen LogP contribution is -2.32. The smallest absolute Gasteiger partial charge is 0.269 e. The molecule has 0 bridgehead atoms. The molecule has 76 valence electrons. The Bertz CT molecular complexity index is 301. The van der Waals surface area contributed by atoms with Gasteiger partial charge in [-0.05, 0) is 17.5 Å². The summed E-state index contributed by atoms with van der Waals surface area (Å²) in [6.07, 6.45) is 1.62. The average molecular weight is 192 g/mol. The molecule has 0 spiro atoms. The SMILES string of the molecule is CC(C)(C)CNC(=O)c1ccccn1. The zero-order valence-electron chi connectivity index (χ0n) is 8.87. The summed E-state index contributed by atoms with van der Waals surface area (Å²) in [6.45, 7) is 6.88. The Morgan fingerprint density at radius 2 is 2.14 bits per heavy atom. The quantitative estimate of drug-likeness (QED) is 0.777. The molecule has 1 rings (SSSR count). The molecule has 0 fully saturated rings. The van der Waals surface area contributed by atoms with Crippen LogP contribution in [-0.2, 0) is 0 Å². The van der Waals surface area contributed by atoms with Crippen LogP contribution in [0.4, 0.5) is 0 Å². The summed E-state index contributed by atoms with van der Waals surface area (Å²) in [6, 6.07) is 5.30. The molecule has 0 saturated carbocycles. The van der Waals surface area contributed by atoms with Gasteiger partial charge in [0.15, 0.2) is 0 Å². The molecule has 3 nitrogen and oxygen atoms in total. The first kappa shape index (κ1) is 10.7. The number of amides is 1. The fraction of sp³-hybridized carbons (Fsp3) is 0.455. The molecule has 0 aliphatic rings. The Hall–Kier alpha value is -1.38. The summed E-state index contributed by atoms with van der Waals surface area (Å²) in [5.74, 6) is -0.111. The summed E-state index contributed by atoms with van der Waals surface area (Å²) in [4.78, 5) is 15.5. The van der Waals surface area contributed by atoms with Crippen molar-refractivity contribution in [3.8, 4) is 0 Å². The van der Waals surface area contributed by atoms with Crippen molar-refractivity contribution >= 4 is 5.91 Å². The highest BCUT2D eigenvalue weighted by atomic mass is 16.1. The largest absolute Gasteiger partial charge is 0.350 e. The minimum Gasteiger partial charge on any atom is -0.350 e. The minimum absolute atomic E-state index is 0.102. The highest BCUT2D eigenvalue weighted by Gasteiger charge is 2.13. The molecule has 0 unspecified atom stereocenters. The summed E-state index contributed by atoms with van der Waals surface area (Å²) in [5.41, 5.74) is 0.571. The van der Waals surface area contributed by atoms with Crippen molar-refractivity contribution < 1.29 is 4.79 Å². The third-order valence-electron chi connectivity index (χ3n) is 1.68. The fourth-order valence-corrected chi connectivity index (χ4v) is 0.933. The predicted octanol–water partition coefficient (Wildman–Crippen LogP) is 1.86. The fourth-order valence-electron chi connectivity index (χ4n) is 0.933. The molecule has 14 heavy (non-hydrogen) atoms. The second-order valence-corrected chi connectivity index (χ2v) is 4.46. The number of rotatable bonds is 2. The van der Waals surface area contributed by atoms with Crippen LogP contribution >= 0.6 is 0 Å². The lowest BCUT2D eigenvalue weighted by Gasteiger charge is -2.18. The number of nitrogens with one attached hydrogen (secondary N) is 1. The standard InChI is InChI=1S/C11H16N2O/c1-11(2,3)8-13-10(14)9-6-4-5-7-12-9/h4-7H,8H2,1-3H3,(H,13,14). The van der Waals surface area contributed by atoms with Gasteiger partial charge in [0.05, 0.1) is 0 Å². The maximum atomic E-state index is 11.5. The van der Waals surface area contributed by atoms with Gasteiger partial charge in [0.25, 0.3) is 5.91 Å². The van der Waals surface area contributed by atoms with Gasteiger partial charge >= 0.3 is 0 Å². The zero-order valence-corrected chi connectivity index (χ0v) is 8.87. The topological polar surface area (TPSA) is 42.0 Å². The number of carbonyl (C=O) groups excluding carboxylic acids is 1. The molecular formula is C11H16N2O. The van der Waals surface area contributed by atoms with Crippen molar-refractivity contribution in [3.63, 3.8) is 0 Å². The van der Waals surface area contributed by atoms with E-state index in [4.69, 9.17) is 0 Å². The number of pyridine rings is 1. The van der Waals surface area contributed by atoms with Crippen LogP contribution in [0.1, 0.15) is 31.3 Å². The molecular weight excluding hydrogens is 176 g/mol. The molecule has 1 aromatic rings. The van der Waals surface area contributed by atoms with E-state index in [0.29, 0.717) is 12.2 Å². The highest BCUT2D eigenvalue weighted by Crippen LogP contribution is 2.10. The second kappa shape index (κ2) is 4.22. The molecule has 0 aliphatic heterocycles. The summed E-state index contributed by atoms with van der Waals surface area (Å²) in [5, 5.41) is 2.84. The maximum absolute atomic E-state index is 11.5. The van der Waals surface area contributed by atoms with E-state index in [0.717, 1.165) is 0 Å². The third-order valence-corrected chi connectivity index (χ3v) is 1.68. The van der Waals surface area contributed by atoms with Crippen molar-refractivity contribution in [3.05, 3.63) is 30.1 Å². The first-order chi connectivity index (χ1) is 6.49. The Morgan fingerprint density at radius 1 is 1.43 bits per heavy atom. The minimum atomic E-state index is -0.111. The van der Waals surface area contributed by atoms with Crippen molar-refractivity contribution in [1.82, 2.24) is 10.3 Å². The van der Waals surface area contributed by atoms with E-state index in [-0.39, 0.29) is 11.3 Å². The summed E-state index contributed by atoms with van der Waals surface area (Å²) < 4.78 is 0. The van der Waals surface area contributed by atoms with E-state index in [1.807, 2.05) is 0 Å². The van der Waals surface area contributed by atoms with Gasteiger partial charge in [-0.1, -0.05) is 26.8 Å². The van der Waals surface area contributed by atoms with Crippen LogP contribution in [0, 0.1) is 5.41 Å². The molecule has 0 saturated heterocycles. The van der Waals surface area contributed by atoms with E-state index in [1.165, 1.54) is 0 Å². The second-order valence-electron chi connectivity index (χ2n) is 4.46. The number of carbonyl (C=O) groups is 1. The van der Waals surface area contributed by atoms with Crippen molar-refractivity contribution in [1.29, 1.82) is 0 Å². The van der Waals surface area contributed by atoms with Crippen LogP contribution in [-0.4, -0.2) is 17.4 Å². The van der Waals surface area contributed by atoms with Crippen LogP contribution in [0.3, 0.4) is 0 Å². The molecule has 0 atom stereocenters. The monoisotopic (exact) mass is 192 g/mol. The van der Waals surface area contributed by atoms with Gasteiger partial charge in [-0.15, -0.1) is 0 Å². The Labute approximate surface area is 84.6 Å². The van der Waals surface area contributed by atoms with Gasteiger partial charge in [0.1, 0.15) is 5.69 Å². The van der Waals surface area contributed by atoms with Gasteiger partial charge in [-0.3, -0.25) is 9.78 Å². The number of hydrogen-bond acceptors (Lipinski definition) is 2.